The lowest BCUT2D eigenvalue weighted by molar-refractivity contribution is -0.384. The lowest BCUT2D eigenvalue weighted by Gasteiger charge is -2.17. The highest BCUT2D eigenvalue weighted by atomic mass is 16.6. The van der Waals surface area contributed by atoms with E-state index in [0.29, 0.717) is 19.4 Å². The predicted molar refractivity (Wildman–Crippen MR) is 72.8 cm³/mol. The van der Waals surface area contributed by atoms with E-state index >= 15 is 0 Å². The minimum atomic E-state index is -0.432. The van der Waals surface area contributed by atoms with E-state index in [9.17, 15) is 14.9 Å². The van der Waals surface area contributed by atoms with Gasteiger partial charge in [0.25, 0.3) is 5.69 Å². The Kier molecular flexibility index (Phi) is 5.95. The summed E-state index contributed by atoms with van der Waals surface area (Å²) in [5, 5.41) is 16.5. The first-order chi connectivity index (χ1) is 9.08. The Hall–Kier alpha value is -1.95. The summed E-state index contributed by atoms with van der Waals surface area (Å²) in [6.45, 7) is 2.54. The van der Waals surface area contributed by atoms with E-state index in [0.717, 1.165) is 5.56 Å². The zero-order valence-corrected chi connectivity index (χ0v) is 11.2. The van der Waals surface area contributed by atoms with Gasteiger partial charge in [0.1, 0.15) is 0 Å². The van der Waals surface area contributed by atoms with Gasteiger partial charge in [0, 0.05) is 25.1 Å². The number of hydrogen-bond acceptors (Lipinski definition) is 4. The van der Waals surface area contributed by atoms with Crippen LogP contribution in [-0.2, 0) is 4.79 Å². The Morgan fingerprint density at radius 1 is 1.47 bits per heavy atom. The summed E-state index contributed by atoms with van der Waals surface area (Å²) in [4.78, 5) is 22.0. The molecule has 0 fully saturated rings. The highest BCUT2D eigenvalue weighted by molar-refractivity contribution is 5.76. The summed E-state index contributed by atoms with van der Waals surface area (Å²) in [5.74, 6) is -0.0623. The number of nitrogens with zero attached hydrogens (tertiary/aromatic N) is 1. The van der Waals surface area contributed by atoms with Gasteiger partial charge >= 0.3 is 0 Å². The summed E-state index contributed by atoms with van der Waals surface area (Å²) < 4.78 is 0. The minimum absolute atomic E-state index is 0.0421. The number of carbonyl (C=O) groups excluding carboxylic acids is 1. The van der Waals surface area contributed by atoms with Gasteiger partial charge in [-0.2, -0.15) is 0 Å². The van der Waals surface area contributed by atoms with E-state index in [1.807, 2.05) is 6.92 Å². The SMILES string of the molecule is CCC(NC(=O)CCNC)c1cccc([N+](=O)[O-])c1. The van der Waals surface area contributed by atoms with Crippen LogP contribution in [0.1, 0.15) is 31.4 Å². The topological polar surface area (TPSA) is 84.3 Å². The van der Waals surface area contributed by atoms with Crippen LogP contribution in [-0.4, -0.2) is 24.4 Å². The Bertz CT molecular complexity index is 449. The molecule has 2 N–H and O–H groups in total. The molecule has 1 aromatic carbocycles. The molecule has 19 heavy (non-hydrogen) atoms. The molecular weight excluding hydrogens is 246 g/mol. The average Bonchev–Trinajstić information content (AvgIpc) is 2.42. The molecule has 0 saturated heterocycles. The third-order valence-electron chi connectivity index (χ3n) is 2.83. The van der Waals surface area contributed by atoms with Crippen LogP contribution in [0.2, 0.25) is 0 Å². The van der Waals surface area contributed by atoms with E-state index in [1.54, 1.807) is 19.2 Å². The fourth-order valence-electron chi connectivity index (χ4n) is 1.78. The van der Waals surface area contributed by atoms with Gasteiger partial charge in [-0.3, -0.25) is 14.9 Å². The van der Waals surface area contributed by atoms with Gasteiger partial charge in [-0.1, -0.05) is 19.1 Å². The van der Waals surface area contributed by atoms with Crippen molar-refractivity contribution in [1.29, 1.82) is 0 Å². The van der Waals surface area contributed by atoms with Crippen LogP contribution in [0.4, 0.5) is 5.69 Å². The quantitative estimate of drug-likeness (QED) is 0.581. The van der Waals surface area contributed by atoms with Crippen LogP contribution in [0, 0.1) is 10.1 Å². The van der Waals surface area contributed by atoms with Crippen LogP contribution in [0.15, 0.2) is 24.3 Å². The van der Waals surface area contributed by atoms with E-state index in [1.165, 1.54) is 12.1 Å². The van der Waals surface area contributed by atoms with Gasteiger partial charge in [-0.15, -0.1) is 0 Å². The van der Waals surface area contributed by atoms with Crippen molar-refractivity contribution in [3.05, 3.63) is 39.9 Å². The second-order valence-corrected chi connectivity index (χ2v) is 4.23. The second-order valence-electron chi connectivity index (χ2n) is 4.23. The van der Waals surface area contributed by atoms with Crippen LogP contribution in [0.3, 0.4) is 0 Å². The van der Waals surface area contributed by atoms with E-state index in [-0.39, 0.29) is 17.6 Å². The van der Waals surface area contributed by atoms with Crippen LogP contribution >= 0.6 is 0 Å². The van der Waals surface area contributed by atoms with Crippen molar-refractivity contribution in [2.24, 2.45) is 0 Å². The van der Waals surface area contributed by atoms with Crippen LogP contribution in [0.5, 0.6) is 0 Å². The molecular formula is C13H19N3O3. The molecule has 0 saturated carbocycles. The van der Waals surface area contributed by atoms with Gasteiger partial charge < -0.3 is 10.6 Å². The van der Waals surface area contributed by atoms with E-state index < -0.39 is 4.92 Å². The largest absolute Gasteiger partial charge is 0.349 e. The molecule has 0 aliphatic heterocycles. The molecule has 0 heterocycles. The minimum Gasteiger partial charge on any atom is -0.349 e. The molecule has 0 aromatic heterocycles. The molecule has 6 nitrogen and oxygen atoms in total. The van der Waals surface area contributed by atoms with Crippen molar-refractivity contribution < 1.29 is 9.72 Å². The van der Waals surface area contributed by atoms with Gasteiger partial charge in [-0.05, 0) is 19.0 Å². The molecule has 1 atom stereocenters. The fraction of sp³-hybridized carbons (Fsp3) is 0.462. The Labute approximate surface area is 112 Å². The first-order valence-corrected chi connectivity index (χ1v) is 6.26. The fourth-order valence-corrected chi connectivity index (χ4v) is 1.78. The normalized spacial score (nSPS) is 11.9. The standard InChI is InChI=1S/C13H19N3O3/c1-3-12(15-13(17)7-8-14-2)10-5-4-6-11(9-10)16(18)19/h4-6,9,12,14H,3,7-8H2,1-2H3,(H,15,17). The van der Waals surface area contributed by atoms with Gasteiger partial charge in [0.15, 0.2) is 0 Å². The molecule has 0 aliphatic carbocycles. The summed E-state index contributed by atoms with van der Waals surface area (Å²) in [6.07, 6.45) is 1.08. The van der Waals surface area contributed by atoms with Gasteiger partial charge in [0.2, 0.25) is 5.91 Å². The monoisotopic (exact) mass is 265 g/mol. The number of benzene rings is 1. The molecule has 0 bridgehead atoms. The number of non-ortho nitro benzene ring substituents is 1. The molecule has 0 aliphatic rings. The number of nitrogens with one attached hydrogen (secondary N) is 2. The molecule has 6 heteroatoms. The number of amides is 1. The lowest BCUT2D eigenvalue weighted by atomic mass is 10.0. The first-order valence-electron chi connectivity index (χ1n) is 6.26. The second kappa shape index (κ2) is 7.48. The molecule has 0 spiro atoms. The summed E-state index contributed by atoms with van der Waals surface area (Å²) in [7, 11) is 1.78. The third kappa shape index (κ3) is 4.67. The van der Waals surface area contributed by atoms with Crippen molar-refractivity contribution in [3.8, 4) is 0 Å². The van der Waals surface area contributed by atoms with Crippen molar-refractivity contribution in [2.75, 3.05) is 13.6 Å². The Balaban J connectivity index is 2.76. The van der Waals surface area contributed by atoms with E-state index in [2.05, 4.69) is 10.6 Å². The zero-order chi connectivity index (χ0) is 14.3. The lowest BCUT2D eigenvalue weighted by Crippen LogP contribution is -2.30. The van der Waals surface area contributed by atoms with E-state index in [4.69, 9.17) is 0 Å². The number of rotatable bonds is 7. The molecule has 104 valence electrons. The maximum Gasteiger partial charge on any atom is 0.269 e. The molecule has 0 radical (unpaired) electrons. The van der Waals surface area contributed by atoms with Gasteiger partial charge in [-0.25, -0.2) is 0 Å². The Morgan fingerprint density at radius 3 is 2.79 bits per heavy atom. The average molecular weight is 265 g/mol. The third-order valence-corrected chi connectivity index (χ3v) is 2.83. The Morgan fingerprint density at radius 2 is 2.21 bits per heavy atom. The van der Waals surface area contributed by atoms with Crippen molar-refractivity contribution in [2.45, 2.75) is 25.8 Å². The number of carbonyl (C=O) groups is 1. The van der Waals surface area contributed by atoms with Gasteiger partial charge in [0.05, 0.1) is 11.0 Å². The number of nitro benzene ring substituents is 1. The van der Waals surface area contributed by atoms with Crippen LogP contribution in [0.25, 0.3) is 0 Å². The summed E-state index contributed by atoms with van der Waals surface area (Å²) in [6, 6.07) is 6.19. The molecule has 1 aromatic rings. The number of hydrogen-bond donors (Lipinski definition) is 2. The zero-order valence-electron chi connectivity index (χ0n) is 11.2. The predicted octanol–water partition coefficient (Wildman–Crippen LogP) is 1.77. The maximum absolute atomic E-state index is 11.7. The first kappa shape index (κ1) is 15.1. The highest BCUT2D eigenvalue weighted by Gasteiger charge is 2.15. The van der Waals surface area contributed by atoms with Crippen molar-refractivity contribution >= 4 is 11.6 Å². The van der Waals surface area contributed by atoms with Crippen molar-refractivity contribution in [1.82, 2.24) is 10.6 Å². The summed E-state index contributed by atoms with van der Waals surface area (Å²) in [5.41, 5.74) is 0.801. The molecule has 1 rings (SSSR count). The van der Waals surface area contributed by atoms with Crippen molar-refractivity contribution in [3.63, 3.8) is 0 Å². The smallest absolute Gasteiger partial charge is 0.269 e. The maximum atomic E-state index is 11.7. The molecule has 1 amide bonds. The summed E-state index contributed by atoms with van der Waals surface area (Å²) >= 11 is 0. The highest BCUT2D eigenvalue weighted by Crippen LogP contribution is 2.21. The molecule has 1 unspecified atom stereocenters. The van der Waals surface area contributed by atoms with Crippen LogP contribution < -0.4 is 10.6 Å². The number of nitro groups is 1.